The van der Waals surface area contributed by atoms with Crippen molar-refractivity contribution < 1.29 is 14.6 Å². The van der Waals surface area contributed by atoms with Crippen molar-refractivity contribution in [3.05, 3.63) is 35.9 Å². The second kappa shape index (κ2) is 9.22. The Hall–Kier alpha value is -0.980. The summed E-state index contributed by atoms with van der Waals surface area (Å²) in [7, 11) is 4.10. The molecule has 22 heavy (non-hydrogen) atoms. The third-order valence-electron chi connectivity index (χ3n) is 3.68. The van der Waals surface area contributed by atoms with Crippen LogP contribution in [-0.4, -0.2) is 80.6 Å². The molecular weight excluding hydrogens is 280 g/mol. The number of ether oxygens (including phenoxy) is 2. The number of morpholine rings is 1. The Kier molecular flexibility index (Phi) is 7.29. The van der Waals surface area contributed by atoms with E-state index in [2.05, 4.69) is 23.9 Å². The van der Waals surface area contributed by atoms with E-state index >= 15 is 0 Å². The molecule has 1 aliphatic heterocycles. The van der Waals surface area contributed by atoms with Crippen molar-refractivity contribution in [2.45, 2.75) is 18.8 Å². The second-order valence-electron chi connectivity index (χ2n) is 6.17. The maximum absolute atomic E-state index is 10.1. The highest BCUT2D eigenvalue weighted by Gasteiger charge is 2.22. The van der Waals surface area contributed by atoms with Gasteiger partial charge in [0.1, 0.15) is 0 Å². The molecule has 1 N–H and O–H groups in total. The molecule has 0 unspecified atom stereocenters. The van der Waals surface area contributed by atoms with Gasteiger partial charge in [-0.3, -0.25) is 4.90 Å². The normalized spacial score (nSPS) is 21.2. The van der Waals surface area contributed by atoms with Gasteiger partial charge in [0.25, 0.3) is 0 Å². The van der Waals surface area contributed by atoms with Gasteiger partial charge in [-0.1, -0.05) is 30.3 Å². The second-order valence-corrected chi connectivity index (χ2v) is 6.17. The van der Waals surface area contributed by atoms with Crippen molar-refractivity contribution in [3.63, 3.8) is 0 Å². The van der Waals surface area contributed by atoms with Gasteiger partial charge in [0.2, 0.25) is 0 Å². The number of rotatable bonds is 8. The zero-order valence-electron chi connectivity index (χ0n) is 13.6. The molecular formula is C17H28N2O3. The molecule has 0 aliphatic carbocycles. The lowest BCUT2D eigenvalue weighted by molar-refractivity contribution is -0.0584. The van der Waals surface area contributed by atoms with Gasteiger partial charge in [-0.2, -0.15) is 0 Å². The lowest BCUT2D eigenvalue weighted by Gasteiger charge is -2.35. The Labute approximate surface area is 133 Å². The molecule has 124 valence electrons. The van der Waals surface area contributed by atoms with Gasteiger partial charge in [-0.15, -0.1) is 0 Å². The molecule has 0 saturated carbocycles. The van der Waals surface area contributed by atoms with Crippen LogP contribution in [-0.2, 0) is 16.1 Å². The number of hydrogen-bond donors (Lipinski definition) is 1. The Morgan fingerprint density at radius 3 is 2.86 bits per heavy atom. The van der Waals surface area contributed by atoms with E-state index in [9.17, 15) is 5.11 Å². The summed E-state index contributed by atoms with van der Waals surface area (Å²) in [5, 5.41) is 10.1. The van der Waals surface area contributed by atoms with E-state index in [0.29, 0.717) is 19.8 Å². The Morgan fingerprint density at radius 1 is 1.36 bits per heavy atom. The fourth-order valence-corrected chi connectivity index (χ4v) is 2.70. The predicted octanol–water partition coefficient (Wildman–Crippen LogP) is 0.827. The van der Waals surface area contributed by atoms with Gasteiger partial charge in [0.05, 0.1) is 32.0 Å². The molecule has 0 aromatic heterocycles. The van der Waals surface area contributed by atoms with E-state index in [1.54, 1.807) is 0 Å². The number of aliphatic hydroxyl groups excluding tert-OH is 1. The monoisotopic (exact) mass is 308 g/mol. The summed E-state index contributed by atoms with van der Waals surface area (Å²) in [5.74, 6) is 0. The first-order valence-electron chi connectivity index (χ1n) is 7.92. The van der Waals surface area contributed by atoms with E-state index in [1.165, 1.54) is 0 Å². The maximum Gasteiger partial charge on any atom is 0.0900 e. The summed E-state index contributed by atoms with van der Waals surface area (Å²) in [5.41, 5.74) is 1.13. The lowest BCUT2D eigenvalue weighted by atomic mass is 10.2. The fourth-order valence-electron chi connectivity index (χ4n) is 2.70. The van der Waals surface area contributed by atoms with Crippen molar-refractivity contribution in [2.24, 2.45) is 0 Å². The van der Waals surface area contributed by atoms with Gasteiger partial charge in [-0.25, -0.2) is 0 Å². The number of aliphatic hydroxyl groups is 1. The van der Waals surface area contributed by atoms with E-state index in [0.717, 1.165) is 31.8 Å². The van der Waals surface area contributed by atoms with Crippen LogP contribution < -0.4 is 0 Å². The fraction of sp³-hybridized carbons (Fsp3) is 0.647. The van der Waals surface area contributed by atoms with Crippen molar-refractivity contribution >= 4 is 0 Å². The Bertz CT molecular complexity index is 414. The van der Waals surface area contributed by atoms with Crippen LogP contribution in [0.2, 0.25) is 0 Å². The van der Waals surface area contributed by atoms with Crippen LogP contribution in [0.15, 0.2) is 30.3 Å². The zero-order valence-corrected chi connectivity index (χ0v) is 13.6. The number of nitrogens with zero attached hydrogens (tertiary/aromatic N) is 2. The van der Waals surface area contributed by atoms with Crippen LogP contribution in [0.1, 0.15) is 5.56 Å². The van der Waals surface area contributed by atoms with Crippen molar-refractivity contribution in [3.8, 4) is 0 Å². The maximum atomic E-state index is 10.1. The van der Waals surface area contributed by atoms with Gasteiger partial charge in [-0.05, 0) is 19.7 Å². The van der Waals surface area contributed by atoms with Crippen LogP contribution in [0.3, 0.4) is 0 Å². The molecule has 1 heterocycles. The van der Waals surface area contributed by atoms with E-state index in [-0.39, 0.29) is 6.10 Å². The standard InChI is InChI=1S/C17H28N2O3/c1-18(2)11-17-12-19(8-9-22-17)10-16(20)14-21-13-15-6-4-3-5-7-15/h3-7,16-17,20H,8-14H2,1-2H3/t16-,17+/m1/s1. The van der Waals surface area contributed by atoms with Crippen LogP contribution in [0.5, 0.6) is 0 Å². The molecule has 1 aromatic carbocycles. The molecule has 0 spiro atoms. The SMILES string of the molecule is CN(C)C[C@H]1CN(C[C@@H](O)COCc2ccccc2)CCO1. The van der Waals surface area contributed by atoms with Crippen molar-refractivity contribution in [2.75, 3.05) is 53.5 Å². The summed E-state index contributed by atoms with van der Waals surface area (Å²) < 4.78 is 11.3. The molecule has 1 aliphatic rings. The van der Waals surface area contributed by atoms with Crippen molar-refractivity contribution in [1.29, 1.82) is 0 Å². The number of β-amino-alcohol motifs (C(OH)–C–C–N with tert-alkyl or cyclic N) is 1. The third-order valence-corrected chi connectivity index (χ3v) is 3.68. The molecule has 0 amide bonds. The van der Waals surface area contributed by atoms with Crippen LogP contribution in [0.25, 0.3) is 0 Å². The number of benzene rings is 1. The van der Waals surface area contributed by atoms with Gasteiger partial charge in [0, 0.05) is 26.2 Å². The molecule has 2 atom stereocenters. The minimum Gasteiger partial charge on any atom is -0.389 e. The summed E-state index contributed by atoms with van der Waals surface area (Å²) in [6.07, 6.45) is -0.233. The third kappa shape index (κ3) is 6.42. The number of likely N-dealkylation sites (N-methyl/N-ethyl adjacent to an activating group) is 1. The van der Waals surface area contributed by atoms with Gasteiger partial charge < -0.3 is 19.5 Å². The van der Waals surface area contributed by atoms with Crippen molar-refractivity contribution in [1.82, 2.24) is 9.80 Å². The minimum atomic E-state index is -0.457. The van der Waals surface area contributed by atoms with E-state index in [1.807, 2.05) is 30.3 Å². The molecule has 1 aromatic rings. The zero-order chi connectivity index (χ0) is 15.8. The first-order valence-corrected chi connectivity index (χ1v) is 7.92. The molecule has 0 radical (unpaired) electrons. The molecule has 0 bridgehead atoms. The lowest BCUT2D eigenvalue weighted by Crippen LogP contribution is -2.49. The molecule has 1 fully saturated rings. The predicted molar refractivity (Wildman–Crippen MR) is 86.8 cm³/mol. The first-order chi connectivity index (χ1) is 10.6. The smallest absolute Gasteiger partial charge is 0.0900 e. The van der Waals surface area contributed by atoms with E-state index in [4.69, 9.17) is 9.47 Å². The summed E-state index contributed by atoms with van der Waals surface area (Å²) in [4.78, 5) is 4.39. The summed E-state index contributed by atoms with van der Waals surface area (Å²) in [6, 6.07) is 10.0. The van der Waals surface area contributed by atoms with Crippen LogP contribution in [0, 0.1) is 0 Å². The highest BCUT2D eigenvalue weighted by atomic mass is 16.5. The number of hydrogen-bond acceptors (Lipinski definition) is 5. The van der Waals surface area contributed by atoms with Gasteiger partial charge >= 0.3 is 0 Å². The highest BCUT2D eigenvalue weighted by molar-refractivity contribution is 5.13. The summed E-state index contributed by atoms with van der Waals surface area (Å²) in [6.45, 7) is 4.94. The van der Waals surface area contributed by atoms with Crippen LogP contribution >= 0.6 is 0 Å². The average Bonchev–Trinajstić information content (AvgIpc) is 2.48. The van der Waals surface area contributed by atoms with Crippen LogP contribution in [0.4, 0.5) is 0 Å². The topological polar surface area (TPSA) is 45.2 Å². The quantitative estimate of drug-likeness (QED) is 0.770. The minimum absolute atomic E-state index is 0.223. The van der Waals surface area contributed by atoms with Gasteiger partial charge in [0.15, 0.2) is 0 Å². The molecule has 1 saturated heterocycles. The highest BCUT2D eigenvalue weighted by Crippen LogP contribution is 2.07. The summed E-state index contributed by atoms with van der Waals surface area (Å²) >= 11 is 0. The molecule has 5 heteroatoms. The largest absolute Gasteiger partial charge is 0.389 e. The average molecular weight is 308 g/mol. The Morgan fingerprint density at radius 2 is 2.14 bits per heavy atom. The first kappa shape index (κ1) is 17.4. The Balaban J connectivity index is 1.64. The molecule has 5 nitrogen and oxygen atoms in total. The molecule has 2 rings (SSSR count). The van der Waals surface area contributed by atoms with E-state index < -0.39 is 6.10 Å².